The summed E-state index contributed by atoms with van der Waals surface area (Å²) in [5.74, 6) is 0.0383. The lowest BCUT2D eigenvalue weighted by Gasteiger charge is -2.26. The molecule has 1 unspecified atom stereocenters. The summed E-state index contributed by atoms with van der Waals surface area (Å²) in [6.07, 6.45) is 0.862. The minimum Gasteiger partial charge on any atom is -0.399 e. The second kappa shape index (κ2) is 6.31. The van der Waals surface area contributed by atoms with Gasteiger partial charge in [-0.3, -0.25) is 4.79 Å². The van der Waals surface area contributed by atoms with Crippen LogP contribution < -0.4 is 11.1 Å². The fraction of sp³-hybridized carbons (Fsp3) is 0.353. The molecule has 0 aliphatic heterocycles. The average Bonchev–Trinajstić information content (AvgIpc) is 2.91. The van der Waals surface area contributed by atoms with Crippen LogP contribution in [0.5, 0.6) is 0 Å². The topological polar surface area (TPSA) is 55.1 Å². The van der Waals surface area contributed by atoms with Crippen LogP contribution in [0.2, 0.25) is 0 Å². The number of hydrogen-bond acceptors (Lipinski definition) is 3. The maximum absolute atomic E-state index is 12.6. The summed E-state index contributed by atoms with van der Waals surface area (Å²) >= 11 is 1.72. The zero-order chi connectivity index (χ0) is 15.5. The highest BCUT2D eigenvalue weighted by Crippen LogP contribution is 2.24. The van der Waals surface area contributed by atoms with Crippen molar-refractivity contribution < 1.29 is 4.79 Å². The third kappa shape index (κ3) is 3.85. The van der Waals surface area contributed by atoms with E-state index in [1.54, 1.807) is 11.3 Å². The van der Waals surface area contributed by atoms with E-state index in [4.69, 9.17) is 5.73 Å². The molecule has 0 saturated carbocycles. The Kier molecular flexibility index (Phi) is 4.68. The summed E-state index contributed by atoms with van der Waals surface area (Å²) in [5, 5.41) is 5.17. The van der Waals surface area contributed by atoms with Gasteiger partial charge in [0, 0.05) is 23.0 Å². The maximum Gasteiger partial charge on any atom is 0.230 e. The molecular formula is C17H22N2OS. The predicted molar refractivity (Wildman–Crippen MR) is 89.5 cm³/mol. The number of thiophene rings is 1. The van der Waals surface area contributed by atoms with Gasteiger partial charge < -0.3 is 11.1 Å². The first kappa shape index (κ1) is 15.6. The van der Waals surface area contributed by atoms with Crippen LogP contribution in [0, 0.1) is 0 Å². The van der Waals surface area contributed by atoms with Gasteiger partial charge in [0.15, 0.2) is 0 Å². The first-order valence-corrected chi connectivity index (χ1v) is 7.97. The van der Waals surface area contributed by atoms with Crippen molar-refractivity contribution >= 4 is 22.9 Å². The average molecular weight is 302 g/mol. The van der Waals surface area contributed by atoms with Gasteiger partial charge in [0.05, 0.1) is 5.41 Å². The number of nitrogens with two attached hydrogens (primary N) is 1. The Morgan fingerprint density at radius 1 is 1.29 bits per heavy atom. The minimum atomic E-state index is -0.572. The van der Waals surface area contributed by atoms with Crippen LogP contribution in [0.1, 0.15) is 31.2 Å². The third-order valence-corrected chi connectivity index (χ3v) is 4.56. The van der Waals surface area contributed by atoms with Gasteiger partial charge in [0.1, 0.15) is 0 Å². The monoisotopic (exact) mass is 302 g/mol. The van der Waals surface area contributed by atoms with Crippen LogP contribution in [0.15, 0.2) is 41.8 Å². The van der Waals surface area contributed by atoms with Gasteiger partial charge in [-0.05, 0) is 49.9 Å². The molecule has 1 amide bonds. The molecule has 4 heteroatoms. The number of nitrogens with one attached hydrogen (secondary N) is 1. The number of carbonyl (C=O) groups is 1. The first-order valence-electron chi connectivity index (χ1n) is 7.09. The van der Waals surface area contributed by atoms with E-state index < -0.39 is 5.41 Å². The van der Waals surface area contributed by atoms with E-state index in [-0.39, 0.29) is 11.9 Å². The number of hydrogen-bond donors (Lipinski definition) is 2. The van der Waals surface area contributed by atoms with E-state index in [9.17, 15) is 4.79 Å². The minimum absolute atomic E-state index is 0.0383. The molecule has 1 heterocycles. The van der Waals surface area contributed by atoms with Gasteiger partial charge in [0.2, 0.25) is 5.91 Å². The van der Waals surface area contributed by atoms with Crippen LogP contribution >= 0.6 is 11.3 Å². The van der Waals surface area contributed by atoms with Gasteiger partial charge >= 0.3 is 0 Å². The lowest BCUT2D eigenvalue weighted by Crippen LogP contribution is -2.44. The molecule has 0 fully saturated rings. The van der Waals surface area contributed by atoms with E-state index in [0.29, 0.717) is 5.69 Å². The molecule has 3 N–H and O–H groups in total. The van der Waals surface area contributed by atoms with Gasteiger partial charge in [-0.25, -0.2) is 0 Å². The summed E-state index contributed by atoms with van der Waals surface area (Å²) in [6.45, 7) is 5.91. The molecule has 112 valence electrons. The zero-order valence-corrected chi connectivity index (χ0v) is 13.5. The van der Waals surface area contributed by atoms with Gasteiger partial charge in [-0.15, -0.1) is 11.3 Å². The predicted octanol–water partition coefficient (Wildman–Crippen LogP) is 3.36. The summed E-state index contributed by atoms with van der Waals surface area (Å²) in [5.41, 5.74) is 6.81. The fourth-order valence-corrected chi connectivity index (χ4v) is 3.05. The molecule has 1 aromatic heterocycles. The number of carbonyl (C=O) groups excluding carboxylic acids is 1. The van der Waals surface area contributed by atoms with E-state index in [0.717, 1.165) is 12.0 Å². The van der Waals surface area contributed by atoms with Crippen molar-refractivity contribution in [2.75, 3.05) is 5.73 Å². The molecule has 0 bridgehead atoms. The SMILES string of the molecule is CC(Cc1cccs1)NC(=O)C(C)(C)c1ccc(N)cc1. The fourth-order valence-electron chi connectivity index (χ4n) is 2.22. The van der Waals surface area contributed by atoms with Gasteiger partial charge in [-0.1, -0.05) is 18.2 Å². The Bertz CT molecular complexity index is 588. The Balaban J connectivity index is 2.02. The summed E-state index contributed by atoms with van der Waals surface area (Å²) in [7, 11) is 0. The lowest BCUT2D eigenvalue weighted by molar-refractivity contribution is -0.126. The lowest BCUT2D eigenvalue weighted by atomic mass is 9.83. The van der Waals surface area contributed by atoms with E-state index in [1.807, 2.05) is 51.1 Å². The molecule has 3 nitrogen and oxygen atoms in total. The standard InChI is InChI=1S/C17H22N2OS/c1-12(11-15-5-4-10-21-15)19-16(20)17(2,3)13-6-8-14(18)9-7-13/h4-10,12H,11,18H2,1-3H3,(H,19,20). The highest BCUT2D eigenvalue weighted by Gasteiger charge is 2.30. The van der Waals surface area contributed by atoms with Crippen LogP contribution in [-0.2, 0) is 16.6 Å². The molecule has 2 aromatic rings. The summed E-state index contributed by atoms with van der Waals surface area (Å²) in [4.78, 5) is 13.8. The van der Waals surface area contributed by atoms with Crippen LogP contribution in [0.4, 0.5) is 5.69 Å². The number of nitrogen functional groups attached to an aromatic ring is 1. The zero-order valence-electron chi connectivity index (χ0n) is 12.7. The molecule has 0 radical (unpaired) electrons. The molecule has 0 aliphatic rings. The van der Waals surface area contributed by atoms with Gasteiger partial charge in [0.25, 0.3) is 0 Å². The molecule has 2 rings (SSSR count). The summed E-state index contributed by atoms with van der Waals surface area (Å²) in [6, 6.07) is 11.7. The normalized spacial score (nSPS) is 12.9. The first-order chi connectivity index (χ1) is 9.89. The molecule has 1 aromatic carbocycles. The molecule has 0 spiro atoms. The third-order valence-electron chi connectivity index (χ3n) is 3.66. The van der Waals surface area contributed by atoms with Crippen molar-refractivity contribution in [1.29, 1.82) is 0 Å². The molecular weight excluding hydrogens is 280 g/mol. The van der Waals surface area contributed by atoms with Crippen molar-refractivity contribution in [3.8, 4) is 0 Å². The maximum atomic E-state index is 12.6. The number of benzene rings is 1. The van der Waals surface area contributed by atoms with Crippen LogP contribution in [-0.4, -0.2) is 11.9 Å². The summed E-state index contributed by atoms with van der Waals surface area (Å²) < 4.78 is 0. The van der Waals surface area contributed by atoms with Crippen LogP contribution in [0.25, 0.3) is 0 Å². The number of rotatable bonds is 5. The van der Waals surface area contributed by atoms with E-state index in [2.05, 4.69) is 16.8 Å². The largest absolute Gasteiger partial charge is 0.399 e. The smallest absolute Gasteiger partial charge is 0.230 e. The molecule has 0 aliphatic carbocycles. The Morgan fingerprint density at radius 3 is 2.52 bits per heavy atom. The highest BCUT2D eigenvalue weighted by atomic mass is 32.1. The van der Waals surface area contributed by atoms with Crippen LogP contribution in [0.3, 0.4) is 0 Å². The van der Waals surface area contributed by atoms with E-state index >= 15 is 0 Å². The van der Waals surface area contributed by atoms with Crippen molar-refractivity contribution in [1.82, 2.24) is 5.32 Å². The van der Waals surface area contributed by atoms with Gasteiger partial charge in [-0.2, -0.15) is 0 Å². The van der Waals surface area contributed by atoms with Crippen molar-refractivity contribution in [2.24, 2.45) is 0 Å². The van der Waals surface area contributed by atoms with Crippen molar-refractivity contribution in [3.05, 3.63) is 52.2 Å². The number of amides is 1. The highest BCUT2D eigenvalue weighted by molar-refractivity contribution is 7.09. The molecule has 0 saturated heterocycles. The number of anilines is 1. The van der Waals surface area contributed by atoms with Crippen molar-refractivity contribution in [3.63, 3.8) is 0 Å². The van der Waals surface area contributed by atoms with Crippen molar-refractivity contribution in [2.45, 2.75) is 38.6 Å². The molecule has 21 heavy (non-hydrogen) atoms. The Labute approximate surface area is 130 Å². The Morgan fingerprint density at radius 2 is 1.95 bits per heavy atom. The molecule has 1 atom stereocenters. The second-order valence-corrected chi connectivity index (χ2v) is 6.94. The quantitative estimate of drug-likeness (QED) is 0.832. The second-order valence-electron chi connectivity index (χ2n) is 5.91. The van der Waals surface area contributed by atoms with E-state index in [1.165, 1.54) is 4.88 Å². The Hall–Kier alpha value is -1.81.